The van der Waals surface area contributed by atoms with Crippen molar-refractivity contribution in [1.82, 2.24) is 0 Å². The number of hydrogen-bond donors (Lipinski definition) is 3. The minimum atomic E-state index is -0.951. The summed E-state index contributed by atoms with van der Waals surface area (Å²) in [5, 5.41) is 28.4. The second kappa shape index (κ2) is 3.62. The van der Waals surface area contributed by atoms with Gasteiger partial charge in [-0.05, 0) is 12.8 Å². The molecule has 2 rings (SSSR count). The third kappa shape index (κ3) is 1.85. The zero-order valence-electron chi connectivity index (χ0n) is 7.22. The van der Waals surface area contributed by atoms with E-state index >= 15 is 0 Å². The standard InChI is InChI=1S/C8H14O3S2/c9-5-3-8(12-1-2-13-8)4-6(10)7(5)11/h5-7,9-11H,1-4H2/t5-,6-/m1/s1. The van der Waals surface area contributed by atoms with Crippen LogP contribution in [0.15, 0.2) is 0 Å². The second-order valence-electron chi connectivity index (χ2n) is 3.64. The molecule has 0 bridgehead atoms. The Morgan fingerprint density at radius 2 is 1.38 bits per heavy atom. The van der Waals surface area contributed by atoms with E-state index < -0.39 is 18.3 Å². The fourth-order valence-corrected chi connectivity index (χ4v) is 5.35. The van der Waals surface area contributed by atoms with Gasteiger partial charge in [0.05, 0.1) is 16.3 Å². The summed E-state index contributed by atoms with van der Waals surface area (Å²) in [7, 11) is 0. The van der Waals surface area contributed by atoms with Crippen LogP contribution in [0, 0.1) is 0 Å². The summed E-state index contributed by atoms with van der Waals surface area (Å²) < 4.78 is -0.0297. The molecule has 2 aliphatic rings. The maximum absolute atomic E-state index is 9.54. The predicted molar refractivity (Wildman–Crippen MR) is 54.9 cm³/mol. The Morgan fingerprint density at radius 3 is 1.85 bits per heavy atom. The van der Waals surface area contributed by atoms with Crippen molar-refractivity contribution in [2.75, 3.05) is 11.5 Å². The molecule has 0 aromatic carbocycles. The highest BCUT2D eigenvalue weighted by molar-refractivity contribution is 8.21. The molecule has 2 atom stereocenters. The van der Waals surface area contributed by atoms with Gasteiger partial charge in [-0.3, -0.25) is 0 Å². The minimum absolute atomic E-state index is 0.0297. The maximum atomic E-state index is 9.54. The van der Waals surface area contributed by atoms with Crippen LogP contribution >= 0.6 is 23.5 Å². The van der Waals surface area contributed by atoms with Crippen molar-refractivity contribution >= 4 is 23.5 Å². The molecule has 5 heteroatoms. The zero-order chi connectivity index (χ0) is 9.47. The maximum Gasteiger partial charge on any atom is 0.106 e. The fraction of sp³-hybridized carbons (Fsp3) is 1.00. The van der Waals surface area contributed by atoms with E-state index in [9.17, 15) is 15.3 Å². The Labute approximate surface area is 85.9 Å². The summed E-state index contributed by atoms with van der Waals surface area (Å²) in [5.41, 5.74) is 0. The molecule has 76 valence electrons. The van der Waals surface area contributed by atoms with Gasteiger partial charge in [-0.2, -0.15) is 0 Å². The summed E-state index contributed by atoms with van der Waals surface area (Å²) in [6, 6.07) is 0. The van der Waals surface area contributed by atoms with Crippen molar-refractivity contribution in [2.45, 2.75) is 35.2 Å². The summed E-state index contributed by atoms with van der Waals surface area (Å²) in [6.07, 6.45) is -1.28. The smallest absolute Gasteiger partial charge is 0.106 e. The van der Waals surface area contributed by atoms with E-state index in [1.54, 1.807) is 0 Å². The van der Waals surface area contributed by atoms with Crippen LogP contribution in [-0.2, 0) is 0 Å². The van der Waals surface area contributed by atoms with Crippen molar-refractivity contribution in [3.63, 3.8) is 0 Å². The lowest BCUT2D eigenvalue weighted by atomic mass is 9.91. The SMILES string of the molecule is OC1[C@H](O)CC2(C[C@H]1O)SCCS2. The first kappa shape index (κ1) is 10.1. The van der Waals surface area contributed by atoms with E-state index in [1.165, 1.54) is 0 Å². The molecule has 1 aliphatic heterocycles. The van der Waals surface area contributed by atoms with Crippen LogP contribution in [0.3, 0.4) is 0 Å². The molecule has 0 radical (unpaired) electrons. The lowest BCUT2D eigenvalue weighted by molar-refractivity contribution is -0.0852. The molecule has 0 aromatic heterocycles. The first-order chi connectivity index (χ1) is 6.13. The molecule has 1 saturated heterocycles. The quantitative estimate of drug-likeness (QED) is 0.540. The van der Waals surface area contributed by atoms with E-state index in [-0.39, 0.29) is 4.08 Å². The summed E-state index contributed by atoms with van der Waals surface area (Å²) in [5.74, 6) is 2.17. The van der Waals surface area contributed by atoms with E-state index in [0.717, 1.165) is 11.5 Å². The number of thioether (sulfide) groups is 2. The van der Waals surface area contributed by atoms with Crippen molar-refractivity contribution in [3.05, 3.63) is 0 Å². The van der Waals surface area contributed by atoms with E-state index in [0.29, 0.717) is 12.8 Å². The van der Waals surface area contributed by atoms with Crippen LogP contribution < -0.4 is 0 Å². The minimum Gasteiger partial charge on any atom is -0.390 e. The first-order valence-electron chi connectivity index (χ1n) is 4.45. The zero-order valence-corrected chi connectivity index (χ0v) is 8.85. The van der Waals surface area contributed by atoms with Crippen LogP contribution in [0.4, 0.5) is 0 Å². The van der Waals surface area contributed by atoms with Gasteiger partial charge in [-0.15, -0.1) is 23.5 Å². The molecule has 3 nitrogen and oxygen atoms in total. The number of rotatable bonds is 0. The molecule has 2 fully saturated rings. The Balaban J connectivity index is 2.08. The van der Waals surface area contributed by atoms with Gasteiger partial charge in [0, 0.05) is 11.5 Å². The van der Waals surface area contributed by atoms with E-state index in [4.69, 9.17) is 0 Å². The van der Waals surface area contributed by atoms with Gasteiger partial charge in [0.25, 0.3) is 0 Å². The van der Waals surface area contributed by atoms with Crippen molar-refractivity contribution in [3.8, 4) is 0 Å². The average molecular weight is 222 g/mol. The molecule has 13 heavy (non-hydrogen) atoms. The van der Waals surface area contributed by atoms with E-state index in [1.807, 2.05) is 23.5 Å². The normalized spacial score (nSPS) is 44.1. The summed E-state index contributed by atoms with van der Waals surface area (Å²) >= 11 is 3.61. The van der Waals surface area contributed by atoms with Gasteiger partial charge < -0.3 is 15.3 Å². The molecule has 0 unspecified atom stereocenters. The van der Waals surface area contributed by atoms with Gasteiger partial charge in [0.2, 0.25) is 0 Å². The van der Waals surface area contributed by atoms with Gasteiger partial charge in [0.1, 0.15) is 6.10 Å². The highest BCUT2D eigenvalue weighted by Crippen LogP contribution is 2.52. The average Bonchev–Trinajstić information content (AvgIpc) is 2.49. The summed E-state index contributed by atoms with van der Waals surface area (Å²) in [6.45, 7) is 0. The van der Waals surface area contributed by atoms with Crippen LogP contribution in [-0.4, -0.2) is 49.2 Å². The Bertz CT molecular complexity index is 180. The van der Waals surface area contributed by atoms with Gasteiger partial charge in [-0.25, -0.2) is 0 Å². The molecule has 0 amide bonds. The third-order valence-corrected chi connectivity index (χ3v) is 6.14. The number of aliphatic hydroxyl groups is 3. The lowest BCUT2D eigenvalue weighted by Gasteiger charge is -2.40. The molecular weight excluding hydrogens is 208 g/mol. The monoisotopic (exact) mass is 222 g/mol. The Morgan fingerprint density at radius 1 is 0.923 bits per heavy atom. The largest absolute Gasteiger partial charge is 0.390 e. The van der Waals surface area contributed by atoms with Crippen LogP contribution in [0.25, 0.3) is 0 Å². The molecule has 1 spiro atoms. The summed E-state index contributed by atoms with van der Waals surface area (Å²) in [4.78, 5) is 0. The molecule has 1 heterocycles. The molecule has 3 N–H and O–H groups in total. The van der Waals surface area contributed by atoms with E-state index in [2.05, 4.69) is 0 Å². The topological polar surface area (TPSA) is 60.7 Å². The van der Waals surface area contributed by atoms with Crippen LogP contribution in [0.2, 0.25) is 0 Å². The van der Waals surface area contributed by atoms with Crippen molar-refractivity contribution in [2.24, 2.45) is 0 Å². The van der Waals surface area contributed by atoms with Gasteiger partial charge in [-0.1, -0.05) is 0 Å². The van der Waals surface area contributed by atoms with Crippen LogP contribution in [0.1, 0.15) is 12.8 Å². The fourth-order valence-electron chi connectivity index (χ4n) is 1.95. The van der Waals surface area contributed by atoms with Gasteiger partial charge in [0.15, 0.2) is 0 Å². The second-order valence-corrected chi connectivity index (χ2v) is 6.86. The lowest BCUT2D eigenvalue weighted by Crippen LogP contribution is -2.49. The van der Waals surface area contributed by atoms with Crippen molar-refractivity contribution in [1.29, 1.82) is 0 Å². The van der Waals surface area contributed by atoms with Gasteiger partial charge >= 0.3 is 0 Å². The third-order valence-electron chi connectivity index (χ3n) is 2.64. The number of hydrogen-bond acceptors (Lipinski definition) is 5. The highest BCUT2D eigenvalue weighted by Gasteiger charge is 2.47. The Kier molecular flexibility index (Phi) is 2.82. The predicted octanol–water partition coefficient (Wildman–Crippen LogP) is 0.0392. The first-order valence-corrected chi connectivity index (χ1v) is 6.42. The van der Waals surface area contributed by atoms with Crippen LogP contribution in [0.5, 0.6) is 0 Å². The Hall–Kier alpha value is 0.580. The molecular formula is C8H14O3S2. The molecule has 1 saturated carbocycles. The highest BCUT2D eigenvalue weighted by atomic mass is 32.2. The number of aliphatic hydroxyl groups excluding tert-OH is 3. The molecule has 0 aromatic rings. The van der Waals surface area contributed by atoms with Crippen molar-refractivity contribution < 1.29 is 15.3 Å². The molecule has 1 aliphatic carbocycles.